The minimum atomic E-state index is -1.10. The van der Waals surface area contributed by atoms with Gasteiger partial charge in [-0.2, -0.15) is 0 Å². The summed E-state index contributed by atoms with van der Waals surface area (Å²) in [6.07, 6.45) is 3.61. The predicted molar refractivity (Wildman–Crippen MR) is 80.0 cm³/mol. The van der Waals surface area contributed by atoms with E-state index in [1.165, 1.54) is 25.3 Å². The number of carboxylic acid groups (broad SMARTS) is 1. The zero-order chi connectivity index (χ0) is 15.4. The number of carboxylic acids is 1. The van der Waals surface area contributed by atoms with E-state index in [1.807, 2.05) is 0 Å². The molecule has 21 heavy (non-hydrogen) atoms. The van der Waals surface area contributed by atoms with Crippen molar-refractivity contribution >= 4 is 11.7 Å². The molecule has 1 aromatic rings. The Morgan fingerprint density at radius 1 is 1.38 bits per heavy atom. The fourth-order valence-corrected chi connectivity index (χ4v) is 4.58. The molecule has 2 N–H and O–H groups in total. The van der Waals surface area contributed by atoms with Crippen LogP contribution in [-0.2, 0) is 0 Å². The summed E-state index contributed by atoms with van der Waals surface area (Å²) in [6.45, 7) is 6.79. The summed E-state index contributed by atoms with van der Waals surface area (Å²) in [5, 5.41) is 12.3. The summed E-state index contributed by atoms with van der Waals surface area (Å²) < 4.78 is 14.2. The Bertz CT molecular complexity index is 594. The van der Waals surface area contributed by atoms with Crippen molar-refractivity contribution in [1.29, 1.82) is 0 Å². The van der Waals surface area contributed by atoms with Gasteiger partial charge in [-0.1, -0.05) is 20.8 Å². The zero-order valence-corrected chi connectivity index (χ0v) is 12.7. The molecular formula is C17H22FNO2. The third kappa shape index (κ3) is 2.12. The van der Waals surface area contributed by atoms with Gasteiger partial charge in [-0.3, -0.25) is 0 Å². The van der Waals surface area contributed by atoms with E-state index in [4.69, 9.17) is 5.11 Å². The topological polar surface area (TPSA) is 49.3 Å². The molecule has 2 bridgehead atoms. The average molecular weight is 291 g/mol. The summed E-state index contributed by atoms with van der Waals surface area (Å²) in [7, 11) is 0. The number of halogens is 1. The SMILES string of the molecule is CC12CCC(C1)C(C)(C)C2Nc1ccc(C(=O)O)cc1F. The number of hydrogen-bond acceptors (Lipinski definition) is 2. The van der Waals surface area contributed by atoms with E-state index >= 15 is 0 Å². The van der Waals surface area contributed by atoms with Gasteiger partial charge in [-0.05, 0) is 54.2 Å². The molecule has 0 radical (unpaired) electrons. The lowest BCUT2D eigenvalue weighted by Gasteiger charge is -2.43. The van der Waals surface area contributed by atoms with Crippen molar-refractivity contribution in [1.82, 2.24) is 0 Å². The first-order chi connectivity index (χ1) is 9.74. The van der Waals surface area contributed by atoms with Crippen molar-refractivity contribution in [3.8, 4) is 0 Å². The standard InChI is InChI=1S/C17H22FNO2/c1-16(2)11-6-7-17(3,9-11)15(16)19-13-5-4-10(14(20)21)8-12(13)18/h4-5,8,11,15,19H,6-7,9H2,1-3H3,(H,20,21). The highest BCUT2D eigenvalue weighted by Crippen LogP contribution is 2.63. The van der Waals surface area contributed by atoms with Gasteiger partial charge < -0.3 is 10.4 Å². The molecule has 0 aliphatic heterocycles. The summed E-state index contributed by atoms with van der Waals surface area (Å²) in [4.78, 5) is 10.9. The van der Waals surface area contributed by atoms with Gasteiger partial charge in [-0.25, -0.2) is 9.18 Å². The van der Waals surface area contributed by atoms with Crippen LogP contribution in [0.2, 0.25) is 0 Å². The van der Waals surface area contributed by atoms with Gasteiger partial charge in [0.1, 0.15) is 5.82 Å². The highest BCUT2D eigenvalue weighted by atomic mass is 19.1. The fourth-order valence-electron chi connectivity index (χ4n) is 4.58. The summed E-state index contributed by atoms with van der Waals surface area (Å²) in [5.41, 5.74) is 0.722. The Balaban J connectivity index is 1.88. The van der Waals surface area contributed by atoms with Crippen LogP contribution in [0.3, 0.4) is 0 Å². The number of rotatable bonds is 3. The molecule has 1 aromatic carbocycles. The zero-order valence-electron chi connectivity index (χ0n) is 12.7. The van der Waals surface area contributed by atoms with Crippen LogP contribution in [0.1, 0.15) is 50.4 Å². The van der Waals surface area contributed by atoms with Crippen LogP contribution in [0.4, 0.5) is 10.1 Å². The van der Waals surface area contributed by atoms with Gasteiger partial charge in [-0.15, -0.1) is 0 Å². The van der Waals surface area contributed by atoms with Gasteiger partial charge in [0.25, 0.3) is 0 Å². The maximum Gasteiger partial charge on any atom is 0.335 e. The Hall–Kier alpha value is -1.58. The first-order valence-electron chi connectivity index (χ1n) is 7.53. The second-order valence-corrected chi connectivity index (χ2v) is 7.49. The van der Waals surface area contributed by atoms with Crippen LogP contribution in [0, 0.1) is 22.6 Å². The fraction of sp³-hybridized carbons (Fsp3) is 0.588. The molecule has 3 unspecified atom stereocenters. The molecule has 0 heterocycles. The highest BCUT2D eigenvalue weighted by Gasteiger charge is 2.59. The van der Waals surface area contributed by atoms with E-state index in [9.17, 15) is 9.18 Å². The van der Waals surface area contributed by atoms with Gasteiger partial charge >= 0.3 is 5.97 Å². The number of carbonyl (C=O) groups is 1. The quantitative estimate of drug-likeness (QED) is 0.879. The average Bonchev–Trinajstić information content (AvgIpc) is 2.87. The lowest BCUT2D eigenvalue weighted by molar-refractivity contribution is 0.0696. The molecule has 2 aliphatic carbocycles. The smallest absolute Gasteiger partial charge is 0.335 e. The third-order valence-corrected chi connectivity index (χ3v) is 5.79. The number of nitrogens with one attached hydrogen (secondary N) is 1. The van der Waals surface area contributed by atoms with E-state index < -0.39 is 11.8 Å². The molecule has 2 aliphatic rings. The molecule has 0 amide bonds. The molecule has 0 saturated heterocycles. The molecule has 3 nitrogen and oxygen atoms in total. The van der Waals surface area contributed by atoms with E-state index in [0.29, 0.717) is 11.6 Å². The van der Waals surface area contributed by atoms with Crippen LogP contribution in [-0.4, -0.2) is 17.1 Å². The number of benzene rings is 1. The van der Waals surface area contributed by atoms with E-state index in [-0.39, 0.29) is 22.4 Å². The molecule has 2 saturated carbocycles. The minimum Gasteiger partial charge on any atom is -0.478 e. The molecule has 0 spiro atoms. The normalized spacial score (nSPS) is 33.1. The summed E-state index contributed by atoms with van der Waals surface area (Å²) >= 11 is 0. The number of aromatic carboxylic acids is 1. The number of fused-ring (bicyclic) bond motifs is 2. The highest BCUT2D eigenvalue weighted by molar-refractivity contribution is 5.88. The molecular weight excluding hydrogens is 269 g/mol. The van der Waals surface area contributed by atoms with Crippen LogP contribution >= 0.6 is 0 Å². The Morgan fingerprint density at radius 3 is 2.62 bits per heavy atom. The monoisotopic (exact) mass is 291 g/mol. The van der Waals surface area contributed by atoms with Crippen LogP contribution < -0.4 is 5.32 Å². The van der Waals surface area contributed by atoms with E-state index in [0.717, 1.165) is 6.07 Å². The molecule has 4 heteroatoms. The molecule has 114 valence electrons. The first-order valence-corrected chi connectivity index (χ1v) is 7.53. The Labute approximate surface area is 124 Å². The van der Waals surface area contributed by atoms with Crippen LogP contribution in [0.25, 0.3) is 0 Å². The number of hydrogen-bond donors (Lipinski definition) is 2. The maximum atomic E-state index is 14.2. The van der Waals surface area contributed by atoms with Crippen molar-refractivity contribution in [2.75, 3.05) is 5.32 Å². The van der Waals surface area contributed by atoms with Gasteiger partial charge in [0.2, 0.25) is 0 Å². The first kappa shape index (κ1) is 14.4. The largest absolute Gasteiger partial charge is 0.478 e. The third-order valence-electron chi connectivity index (χ3n) is 5.79. The maximum absolute atomic E-state index is 14.2. The van der Waals surface area contributed by atoms with Crippen molar-refractivity contribution in [2.24, 2.45) is 16.7 Å². The molecule has 3 atom stereocenters. The van der Waals surface area contributed by atoms with Crippen LogP contribution in [0.15, 0.2) is 18.2 Å². The summed E-state index contributed by atoms with van der Waals surface area (Å²) in [5.74, 6) is -0.911. The van der Waals surface area contributed by atoms with E-state index in [2.05, 4.69) is 26.1 Å². The van der Waals surface area contributed by atoms with Crippen molar-refractivity contribution in [3.63, 3.8) is 0 Å². The van der Waals surface area contributed by atoms with Gasteiger partial charge in [0, 0.05) is 6.04 Å². The van der Waals surface area contributed by atoms with Crippen molar-refractivity contribution in [2.45, 2.75) is 46.1 Å². The van der Waals surface area contributed by atoms with E-state index in [1.54, 1.807) is 6.07 Å². The van der Waals surface area contributed by atoms with Gasteiger partial charge in [0.05, 0.1) is 11.3 Å². The van der Waals surface area contributed by atoms with Gasteiger partial charge in [0.15, 0.2) is 0 Å². The lowest BCUT2D eigenvalue weighted by atomic mass is 9.68. The lowest BCUT2D eigenvalue weighted by Crippen LogP contribution is -2.45. The summed E-state index contributed by atoms with van der Waals surface area (Å²) in [6, 6.07) is 4.31. The number of anilines is 1. The molecule has 0 aromatic heterocycles. The molecule has 2 fully saturated rings. The minimum absolute atomic E-state index is 0.0172. The Kier molecular flexibility index (Phi) is 3.05. The van der Waals surface area contributed by atoms with Crippen LogP contribution in [0.5, 0.6) is 0 Å². The molecule has 3 rings (SSSR count). The van der Waals surface area contributed by atoms with Crippen molar-refractivity contribution < 1.29 is 14.3 Å². The Morgan fingerprint density at radius 2 is 2.10 bits per heavy atom. The second-order valence-electron chi connectivity index (χ2n) is 7.49. The predicted octanol–water partition coefficient (Wildman–Crippen LogP) is 4.15. The van der Waals surface area contributed by atoms with Crippen molar-refractivity contribution in [3.05, 3.63) is 29.6 Å². The second kappa shape index (κ2) is 4.46.